The molecule has 1 heterocycles. The molecule has 38 heavy (non-hydrogen) atoms. The largest absolute Gasteiger partial charge is 0.488 e. The lowest BCUT2D eigenvalue weighted by Crippen LogP contribution is -2.37. The Bertz CT molecular complexity index is 1470. The number of carbonyl (C=O) groups excluding carboxylic acids is 1. The maximum Gasteiger partial charge on any atom is 0.196 e. The second-order valence-corrected chi connectivity index (χ2v) is 9.97. The highest BCUT2D eigenvalue weighted by atomic mass is 35.5. The zero-order valence-electron chi connectivity index (χ0n) is 21.8. The van der Waals surface area contributed by atoms with Gasteiger partial charge in [-0.25, -0.2) is 5.01 Å². The van der Waals surface area contributed by atoms with Gasteiger partial charge >= 0.3 is 0 Å². The first kappa shape index (κ1) is 25.6. The highest BCUT2D eigenvalue weighted by Gasteiger charge is 2.40. The fourth-order valence-electron chi connectivity index (χ4n) is 4.63. The number of halogens is 1. The topological polar surface area (TPSA) is 45.1 Å². The van der Waals surface area contributed by atoms with Crippen LogP contribution in [0.1, 0.15) is 40.9 Å². The number of aryl methyl sites for hydroxylation is 2. The molecule has 0 amide bonds. The number of benzene rings is 4. The fraction of sp³-hybridized carbons (Fsp3) is 0.188. The molecule has 6 heteroatoms. The third kappa shape index (κ3) is 5.43. The predicted octanol–water partition coefficient (Wildman–Crippen LogP) is 7.46. The summed E-state index contributed by atoms with van der Waals surface area (Å²) in [6.45, 7) is 6.62. The van der Waals surface area contributed by atoms with Crippen LogP contribution in [-0.4, -0.2) is 16.5 Å². The van der Waals surface area contributed by atoms with E-state index in [1.54, 1.807) is 6.92 Å². The van der Waals surface area contributed by atoms with Gasteiger partial charge in [0.15, 0.2) is 17.8 Å². The van der Waals surface area contributed by atoms with Gasteiger partial charge in [-0.05, 0) is 66.4 Å². The lowest BCUT2D eigenvalue weighted by Gasteiger charge is -2.33. The average molecular weight is 524 g/mol. The molecule has 1 atom stereocenters. The summed E-state index contributed by atoms with van der Waals surface area (Å²) in [7, 11) is 0. The standard InChI is InChI=1S/C32H30ClN3O2/c1-22-14-16-28(18-23(22)2)36-32(35(31(34-36)24(3)37)20-25-10-6-4-7-11-25)29-19-27(33)15-17-30(29)38-21-26-12-8-5-9-13-26/h4-19,32H,20-21H2,1-3H3. The first-order valence-corrected chi connectivity index (χ1v) is 13.0. The smallest absolute Gasteiger partial charge is 0.196 e. The molecule has 0 fully saturated rings. The van der Waals surface area contributed by atoms with Crippen molar-refractivity contribution in [1.29, 1.82) is 0 Å². The molecule has 0 N–H and O–H groups in total. The minimum atomic E-state index is -0.444. The van der Waals surface area contributed by atoms with Crippen molar-refractivity contribution in [3.63, 3.8) is 0 Å². The van der Waals surface area contributed by atoms with Gasteiger partial charge < -0.3 is 9.64 Å². The summed E-state index contributed by atoms with van der Waals surface area (Å²) in [5, 5.41) is 7.38. The first-order valence-electron chi connectivity index (χ1n) is 12.6. The van der Waals surface area contributed by atoms with Gasteiger partial charge in [0.25, 0.3) is 0 Å². The Morgan fingerprint density at radius 3 is 2.21 bits per heavy atom. The predicted molar refractivity (Wildman–Crippen MR) is 153 cm³/mol. The molecule has 192 valence electrons. The average Bonchev–Trinajstić information content (AvgIpc) is 3.30. The van der Waals surface area contributed by atoms with Gasteiger partial charge in [0.1, 0.15) is 12.4 Å². The molecule has 5 rings (SSSR count). The molecule has 1 aliphatic rings. The van der Waals surface area contributed by atoms with Gasteiger partial charge in [-0.15, -0.1) is 5.10 Å². The van der Waals surface area contributed by atoms with Crippen LogP contribution in [0.5, 0.6) is 5.75 Å². The molecule has 1 unspecified atom stereocenters. The Labute approximate surface area is 228 Å². The molecule has 0 radical (unpaired) electrons. The number of hydrogen-bond donors (Lipinski definition) is 0. The summed E-state index contributed by atoms with van der Waals surface area (Å²) < 4.78 is 6.36. The van der Waals surface area contributed by atoms with E-state index in [-0.39, 0.29) is 5.78 Å². The van der Waals surface area contributed by atoms with E-state index < -0.39 is 6.17 Å². The van der Waals surface area contributed by atoms with Gasteiger partial charge in [0, 0.05) is 24.1 Å². The molecule has 1 aliphatic heterocycles. The molecule has 0 spiro atoms. The van der Waals surface area contributed by atoms with Crippen molar-refractivity contribution < 1.29 is 9.53 Å². The molecule has 5 nitrogen and oxygen atoms in total. The van der Waals surface area contributed by atoms with E-state index in [0.717, 1.165) is 27.9 Å². The van der Waals surface area contributed by atoms with Crippen LogP contribution in [0.25, 0.3) is 0 Å². The summed E-state index contributed by atoms with van der Waals surface area (Å²) >= 11 is 6.56. The summed E-state index contributed by atoms with van der Waals surface area (Å²) in [5.41, 5.74) is 6.20. The van der Waals surface area contributed by atoms with Gasteiger partial charge in [0.05, 0.1) is 5.69 Å². The molecular formula is C32H30ClN3O2. The Morgan fingerprint density at radius 1 is 0.868 bits per heavy atom. The SMILES string of the molecule is CC(=O)C1=NN(c2ccc(C)c(C)c2)C(c2cc(Cl)ccc2OCc2ccccc2)N1Cc1ccccc1. The van der Waals surface area contributed by atoms with E-state index in [9.17, 15) is 4.79 Å². The Kier molecular flexibility index (Phi) is 7.47. The lowest BCUT2D eigenvalue weighted by atomic mass is 10.1. The van der Waals surface area contributed by atoms with Crippen molar-refractivity contribution in [3.05, 3.63) is 130 Å². The number of ketones is 1. The molecule has 0 bridgehead atoms. The van der Waals surface area contributed by atoms with E-state index in [0.29, 0.717) is 29.8 Å². The summed E-state index contributed by atoms with van der Waals surface area (Å²) in [4.78, 5) is 15.0. The summed E-state index contributed by atoms with van der Waals surface area (Å²) in [6, 6.07) is 32.0. The highest BCUT2D eigenvalue weighted by molar-refractivity contribution is 6.38. The fourth-order valence-corrected chi connectivity index (χ4v) is 4.81. The highest BCUT2D eigenvalue weighted by Crippen LogP contribution is 2.42. The van der Waals surface area contributed by atoms with Crippen molar-refractivity contribution in [3.8, 4) is 5.75 Å². The van der Waals surface area contributed by atoms with Crippen LogP contribution in [0, 0.1) is 13.8 Å². The van der Waals surface area contributed by atoms with Crippen molar-refractivity contribution in [2.24, 2.45) is 5.10 Å². The van der Waals surface area contributed by atoms with Crippen LogP contribution in [0.2, 0.25) is 5.02 Å². The minimum Gasteiger partial charge on any atom is -0.488 e. The monoisotopic (exact) mass is 523 g/mol. The van der Waals surface area contributed by atoms with Crippen LogP contribution in [0.4, 0.5) is 5.69 Å². The van der Waals surface area contributed by atoms with E-state index in [1.165, 1.54) is 5.56 Å². The quantitative estimate of drug-likeness (QED) is 0.240. The van der Waals surface area contributed by atoms with Crippen molar-refractivity contribution >= 4 is 28.9 Å². The first-order chi connectivity index (χ1) is 18.4. The maximum atomic E-state index is 12.9. The van der Waals surface area contributed by atoms with Crippen LogP contribution in [0.15, 0.2) is 102 Å². The molecule has 0 saturated heterocycles. The Morgan fingerprint density at radius 2 is 1.55 bits per heavy atom. The van der Waals surface area contributed by atoms with Crippen molar-refractivity contribution in [1.82, 2.24) is 4.90 Å². The normalized spacial score (nSPS) is 14.9. The molecule has 4 aromatic carbocycles. The number of Topliss-reactive ketones (excluding diaryl/α,β-unsaturated/α-hetero) is 1. The number of anilines is 1. The number of carbonyl (C=O) groups is 1. The number of hydrogen-bond acceptors (Lipinski definition) is 5. The molecule has 0 aliphatic carbocycles. The van der Waals surface area contributed by atoms with E-state index >= 15 is 0 Å². The number of ether oxygens (including phenoxy) is 1. The summed E-state index contributed by atoms with van der Waals surface area (Å²) in [5.74, 6) is 0.979. The second-order valence-electron chi connectivity index (χ2n) is 9.54. The molecule has 0 aromatic heterocycles. The van der Waals surface area contributed by atoms with Gasteiger partial charge in [-0.3, -0.25) is 4.79 Å². The number of rotatable bonds is 8. The van der Waals surface area contributed by atoms with Crippen LogP contribution in [-0.2, 0) is 17.9 Å². The third-order valence-electron chi connectivity index (χ3n) is 6.75. The van der Waals surface area contributed by atoms with Crippen molar-refractivity contribution in [2.45, 2.75) is 40.1 Å². The minimum absolute atomic E-state index is 0.106. The van der Waals surface area contributed by atoms with Gasteiger partial charge in [-0.1, -0.05) is 78.3 Å². The van der Waals surface area contributed by atoms with Crippen LogP contribution < -0.4 is 9.75 Å². The zero-order chi connectivity index (χ0) is 26.6. The van der Waals surface area contributed by atoms with Crippen LogP contribution in [0.3, 0.4) is 0 Å². The number of amidine groups is 1. The number of nitrogens with zero attached hydrogens (tertiary/aromatic N) is 3. The van der Waals surface area contributed by atoms with Crippen LogP contribution >= 0.6 is 11.6 Å². The summed E-state index contributed by atoms with van der Waals surface area (Å²) in [6.07, 6.45) is -0.444. The lowest BCUT2D eigenvalue weighted by molar-refractivity contribution is -0.111. The van der Waals surface area contributed by atoms with Gasteiger partial charge in [0.2, 0.25) is 0 Å². The molecule has 0 saturated carbocycles. The third-order valence-corrected chi connectivity index (χ3v) is 6.99. The molecular weight excluding hydrogens is 494 g/mol. The zero-order valence-corrected chi connectivity index (χ0v) is 22.5. The van der Waals surface area contributed by atoms with E-state index in [4.69, 9.17) is 21.4 Å². The Balaban J connectivity index is 1.62. The van der Waals surface area contributed by atoms with Crippen molar-refractivity contribution in [2.75, 3.05) is 5.01 Å². The number of hydrazone groups is 1. The second kappa shape index (κ2) is 11.1. The van der Waals surface area contributed by atoms with Gasteiger partial charge in [-0.2, -0.15) is 0 Å². The maximum absolute atomic E-state index is 12.9. The van der Waals surface area contributed by atoms with E-state index in [2.05, 4.69) is 38.1 Å². The van der Waals surface area contributed by atoms with E-state index in [1.807, 2.05) is 82.7 Å². The molecule has 4 aromatic rings. The Hall–Kier alpha value is -4.09.